The van der Waals surface area contributed by atoms with E-state index in [1.165, 1.54) is 0 Å². The van der Waals surface area contributed by atoms with Gasteiger partial charge in [-0.15, -0.1) is 0 Å². The van der Waals surface area contributed by atoms with Gasteiger partial charge in [0.15, 0.2) is 6.04 Å². The van der Waals surface area contributed by atoms with Gasteiger partial charge in [0.2, 0.25) is 0 Å². The van der Waals surface area contributed by atoms with Crippen LogP contribution >= 0.6 is 0 Å². The van der Waals surface area contributed by atoms with Gasteiger partial charge in [-0.05, 0) is 43.0 Å². The number of ether oxygens (including phenoxy) is 1. The van der Waals surface area contributed by atoms with Crippen molar-refractivity contribution in [2.24, 2.45) is 5.92 Å². The first-order valence-corrected chi connectivity index (χ1v) is 9.05. The molecule has 1 fully saturated rings. The van der Waals surface area contributed by atoms with Crippen molar-refractivity contribution in [2.75, 3.05) is 18.4 Å². The van der Waals surface area contributed by atoms with Crippen LogP contribution in [0.15, 0.2) is 60.7 Å². The third-order valence-electron chi connectivity index (χ3n) is 4.81. The Morgan fingerprint density at radius 1 is 1.16 bits per heavy atom. The van der Waals surface area contributed by atoms with Gasteiger partial charge >= 0.3 is 5.97 Å². The van der Waals surface area contributed by atoms with Gasteiger partial charge in [0.25, 0.3) is 0 Å². The molecule has 1 heterocycles. The van der Waals surface area contributed by atoms with Crippen molar-refractivity contribution in [2.45, 2.75) is 31.9 Å². The molecule has 0 spiro atoms. The smallest absolute Gasteiger partial charge is 0.333 e. The van der Waals surface area contributed by atoms with Crippen LogP contribution in [0.25, 0.3) is 0 Å². The lowest BCUT2D eigenvalue weighted by Gasteiger charge is -2.32. The highest BCUT2D eigenvalue weighted by molar-refractivity contribution is 5.81. The number of hydrogen-bond donors (Lipinski definition) is 2. The van der Waals surface area contributed by atoms with Crippen LogP contribution in [-0.4, -0.2) is 25.2 Å². The summed E-state index contributed by atoms with van der Waals surface area (Å²) in [4.78, 5) is 13.0. The molecule has 0 radical (unpaired) electrons. The molecule has 3 rings (SSSR count). The Kier molecular flexibility index (Phi) is 6.07. The van der Waals surface area contributed by atoms with Gasteiger partial charge in [-0.3, -0.25) is 0 Å². The van der Waals surface area contributed by atoms with Crippen molar-refractivity contribution in [3.63, 3.8) is 0 Å². The summed E-state index contributed by atoms with van der Waals surface area (Å²) in [6.45, 7) is 3.89. The van der Waals surface area contributed by atoms with Crippen molar-refractivity contribution >= 4 is 11.7 Å². The molecule has 132 valence electrons. The number of para-hydroxylation sites is 1. The Morgan fingerprint density at radius 2 is 1.84 bits per heavy atom. The molecule has 2 aromatic carbocycles. The lowest BCUT2D eigenvalue weighted by Crippen LogP contribution is -2.44. The normalized spacial score (nSPS) is 21.3. The van der Waals surface area contributed by atoms with Gasteiger partial charge in [0.05, 0.1) is 0 Å². The van der Waals surface area contributed by atoms with Crippen molar-refractivity contribution in [3.05, 3.63) is 66.2 Å². The zero-order valence-corrected chi connectivity index (χ0v) is 14.7. The Labute approximate surface area is 149 Å². The second kappa shape index (κ2) is 8.67. The maximum atomic E-state index is 13.0. The zero-order valence-electron chi connectivity index (χ0n) is 14.7. The third kappa shape index (κ3) is 4.60. The summed E-state index contributed by atoms with van der Waals surface area (Å²) in [5, 5.41) is 6.66. The number of carbonyl (C=O) groups excluding carboxylic acids is 1. The summed E-state index contributed by atoms with van der Waals surface area (Å²) in [5.74, 6) is 0.209. The molecule has 0 bridgehead atoms. The summed E-state index contributed by atoms with van der Waals surface area (Å²) in [6, 6.07) is 19.0. The van der Waals surface area contributed by atoms with Crippen molar-refractivity contribution in [1.29, 1.82) is 0 Å². The minimum atomic E-state index is -0.511. The fraction of sp³-hybridized carbons (Fsp3) is 0.381. The highest BCUT2D eigenvalue weighted by Crippen LogP contribution is 2.25. The Hall–Kier alpha value is -2.33. The molecule has 25 heavy (non-hydrogen) atoms. The second-order valence-electron chi connectivity index (χ2n) is 6.49. The van der Waals surface area contributed by atoms with Crippen LogP contribution in [0, 0.1) is 5.92 Å². The first-order valence-electron chi connectivity index (χ1n) is 9.05. The van der Waals surface area contributed by atoms with E-state index in [1.807, 2.05) is 60.7 Å². The van der Waals surface area contributed by atoms with E-state index < -0.39 is 6.04 Å². The average Bonchev–Trinajstić information content (AvgIpc) is 2.68. The molecule has 2 aromatic rings. The molecule has 1 aliphatic heterocycles. The van der Waals surface area contributed by atoms with Crippen molar-refractivity contribution in [1.82, 2.24) is 5.32 Å². The number of anilines is 1. The van der Waals surface area contributed by atoms with Crippen LogP contribution in [0.1, 0.15) is 31.4 Å². The van der Waals surface area contributed by atoms with Crippen LogP contribution in [0.3, 0.4) is 0 Å². The molecule has 1 saturated heterocycles. The number of esters is 1. The molecule has 3 atom stereocenters. The molecule has 0 aromatic heterocycles. The average molecular weight is 338 g/mol. The largest absolute Gasteiger partial charge is 0.459 e. The van der Waals surface area contributed by atoms with Crippen LogP contribution in [0.5, 0.6) is 0 Å². The fourth-order valence-electron chi connectivity index (χ4n) is 3.33. The van der Waals surface area contributed by atoms with Crippen molar-refractivity contribution < 1.29 is 9.53 Å². The Bertz CT molecular complexity index is 660. The molecule has 0 aliphatic carbocycles. The topological polar surface area (TPSA) is 50.4 Å². The minimum Gasteiger partial charge on any atom is -0.459 e. The predicted molar refractivity (Wildman–Crippen MR) is 100 cm³/mol. The molecule has 4 nitrogen and oxygen atoms in total. The maximum Gasteiger partial charge on any atom is 0.333 e. The predicted octanol–water partition coefficient (Wildman–Crippen LogP) is 3.77. The van der Waals surface area contributed by atoms with E-state index in [9.17, 15) is 4.79 Å². The van der Waals surface area contributed by atoms with Crippen LogP contribution in [0.4, 0.5) is 5.69 Å². The third-order valence-corrected chi connectivity index (χ3v) is 4.81. The number of rotatable bonds is 6. The minimum absolute atomic E-state index is 0.0602. The molecular formula is C21H26N2O2. The SMILES string of the molecule is CCC1CCNCC1OC(=O)C(Nc1ccccc1)c1ccccc1. The van der Waals surface area contributed by atoms with Crippen LogP contribution in [0.2, 0.25) is 0 Å². The first-order chi connectivity index (χ1) is 12.3. The fourth-order valence-corrected chi connectivity index (χ4v) is 3.33. The summed E-state index contributed by atoms with van der Waals surface area (Å²) in [6.07, 6.45) is 2.02. The number of piperidine rings is 1. The molecule has 1 aliphatic rings. The highest BCUT2D eigenvalue weighted by Gasteiger charge is 2.30. The first kappa shape index (κ1) is 17.5. The second-order valence-corrected chi connectivity index (χ2v) is 6.49. The quantitative estimate of drug-likeness (QED) is 0.787. The van der Waals surface area contributed by atoms with Gasteiger partial charge < -0.3 is 15.4 Å². The van der Waals surface area contributed by atoms with E-state index in [2.05, 4.69) is 17.6 Å². The summed E-state index contributed by atoms with van der Waals surface area (Å²) >= 11 is 0. The van der Waals surface area contributed by atoms with Crippen LogP contribution < -0.4 is 10.6 Å². The molecule has 3 unspecified atom stereocenters. The molecule has 2 N–H and O–H groups in total. The Morgan fingerprint density at radius 3 is 2.52 bits per heavy atom. The lowest BCUT2D eigenvalue weighted by molar-refractivity contribution is -0.154. The molecular weight excluding hydrogens is 312 g/mol. The Balaban J connectivity index is 1.77. The van der Waals surface area contributed by atoms with E-state index in [0.29, 0.717) is 5.92 Å². The van der Waals surface area contributed by atoms with Gasteiger partial charge in [-0.1, -0.05) is 55.5 Å². The van der Waals surface area contributed by atoms with E-state index in [1.54, 1.807) is 0 Å². The molecule has 0 saturated carbocycles. The summed E-state index contributed by atoms with van der Waals surface area (Å²) in [7, 11) is 0. The van der Waals surface area contributed by atoms with E-state index in [-0.39, 0.29) is 12.1 Å². The monoisotopic (exact) mass is 338 g/mol. The van der Waals surface area contributed by atoms with E-state index in [4.69, 9.17) is 4.74 Å². The standard InChI is InChI=1S/C21H26N2O2/c1-2-16-13-14-22-15-19(16)25-21(24)20(17-9-5-3-6-10-17)23-18-11-7-4-8-12-18/h3-12,16,19-20,22-23H,2,13-15H2,1H3. The van der Waals surface area contributed by atoms with E-state index >= 15 is 0 Å². The lowest BCUT2D eigenvalue weighted by atomic mass is 9.92. The van der Waals surface area contributed by atoms with Gasteiger partial charge in [0.1, 0.15) is 6.10 Å². The van der Waals surface area contributed by atoms with Gasteiger partial charge in [0, 0.05) is 12.2 Å². The maximum absolute atomic E-state index is 13.0. The summed E-state index contributed by atoms with van der Waals surface area (Å²) in [5.41, 5.74) is 1.82. The molecule has 4 heteroatoms. The number of nitrogens with one attached hydrogen (secondary N) is 2. The number of hydrogen-bond acceptors (Lipinski definition) is 4. The number of carbonyl (C=O) groups is 1. The zero-order chi connectivity index (χ0) is 17.5. The number of benzene rings is 2. The highest BCUT2D eigenvalue weighted by atomic mass is 16.5. The van der Waals surface area contributed by atoms with Gasteiger partial charge in [-0.25, -0.2) is 4.79 Å². The van der Waals surface area contributed by atoms with Gasteiger partial charge in [-0.2, -0.15) is 0 Å². The molecule has 0 amide bonds. The van der Waals surface area contributed by atoms with Crippen molar-refractivity contribution in [3.8, 4) is 0 Å². The van der Waals surface area contributed by atoms with Crippen LogP contribution in [-0.2, 0) is 9.53 Å². The van der Waals surface area contributed by atoms with E-state index in [0.717, 1.165) is 37.2 Å². The summed E-state index contributed by atoms with van der Waals surface area (Å²) < 4.78 is 5.92.